The number of anilines is 1. The van der Waals surface area contributed by atoms with Crippen LogP contribution in [0.3, 0.4) is 0 Å². The summed E-state index contributed by atoms with van der Waals surface area (Å²) in [5.74, 6) is -2.12. The van der Waals surface area contributed by atoms with E-state index in [0.29, 0.717) is 17.0 Å². The van der Waals surface area contributed by atoms with Crippen LogP contribution in [0.2, 0.25) is 0 Å². The van der Waals surface area contributed by atoms with E-state index < -0.39 is 23.9 Å². The Balaban J connectivity index is 1.86. The Bertz CT molecular complexity index is 1010. The van der Waals surface area contributed by atoms with Crippen molar-refractivity contribution in [3.63, 3.8) is 0 Å². The van der Waals surface area contributed by atoms with Gasteiger partial charge in [-0.2, -0.15) is 0 Å². The third-order valence-corrected chi connectivity index (χ3v) is 4.51. The van der Waals surface area contributed by atoms with Gasteiger partial charge in [-0.1, -0.05) is 29.8 Å². The van der Waals surface area contributed by atoms with Crippen molar-refractivity contribution in [1.82, 2.24) is 5.32 Å². The first-order valence-electron chi connectivity index (χ1n) is 8.72. The summed E-state index contributed by atoms with van der Waals surface area (Å²) < 4.78 is 5.21. The van der Waals surface area contributed by atoms with Crippen molar-refractivity contribution in [2.75, 3.05) is 4.90 Å². The second-order valence-electron chi connectivity index (χ2n) is 6.44. The van der Waals surface area contributed by atoms with E-state index in [-0.39, 0.29) is 10.7 Å². The fraction of sp³-hybridized carbons (Fsp3) is 0.143. The minimum absolute atomic E-state index is 0.0148. The van der Waals surface area contributed by atoms with Crippen molar-refractivity contribution < 1.29 is 24.2 Å². The summed E-state index contributed by atoms with van der Waals surface area (Å²) in [6.45, 7) is 3.28. The number of thiocarbonyl (C=S) groups is 1. The first-order chi connectivity index (χ1) is 13.8. The standard InChI is InChI=1S/C21H18N2O5S/c1-12-3-7-15(8-4-12)23-19(25)17(18(24)22-21(23)29)11-14-5-9-16(10-6-14)28-13(2)20(26)27/h3-11,13H,1-2H3,(H,26,27)(H,22,24,29)/p-1/b17-11-/t13-/m1/s1. The number of hydrogen-bond donors (Lipinski definition) is 1. The average molecular weight is 409 g/mol. The van der Waals surface area contributed by atoms with Crippen molar-refractivity contribution >= 4 is 46.9 Å². The van der Waals surface area contributed by atoms with Gasteiger partial charge in [0.05, 0.1) is 11.7 Å². The van der Waals surface area contributed by atoms with Gasteiger partial charge in [0.1, 0.15) is 17.4 Å². The van der Waals surface area contributed by atoms with Crippen molar-refractivity contribution in [2.45, 2.75) is 20.0 Å². The molecule has 1 fully saturated rings. The molecule has 0 spiro atoms. The van der Waals surface area contributed by atoms with Gasteiger partial charge in [0.2, 0.25) is 0 Å². The highest BCUT2D eigenvalue weighted by molar-refractivity contribution is 7.80. The molecule has 0 aliphatic carbocycles. The van der Waals surface area contributed by atoms with Gasteiger partial charge in [-0.25, -0.2) is 0 Å². The summed E-state index contributed by atoms with van der Waals surface area (Å²) in [4.78, 5) is 37.3. The summed E-state index contributed by atoms with van der Waals surface area (Å²) in [5, 5.41) is 13.3. The largest absolute Gasteiger partial charge is 0.546 e. The molecule has 0 aromatic heterocycles. The Hall–Kier alpha value is -3.52. The first-order valence-corrected chi connectivity index (χ1v) is 9.13. The Kier molecular flexibility index (Phi) is 5.74. The number of nitrogens with one attached hydrogen (secondary N) is 1. The van der Waals surface area contributed by atoms with Crippen LogP contribution >= 0.6 is 12.2 Å². The monoisotopic (exact) mass is 409 g/mol. The molecule has 0 radical (unpaired) electrons. The molecule has 1 saturated heterocycles. The molecule has 7 nitrogen and oxygen atoms in total. The fourth-order valence-corrected chi connectivity index (χ4v) is 2.93. The minimum Gasteiger partial charge on any atom is -0.546 e. The Morgan fingerprint density at radius 2 is 1.76 bits per heavy atom. The number of carboxylic acids is 1. The fourth-order valence-electron chi connectivity index (χ4n) is 2.65. The van der Waals surface area contributed by atoms with Crippen molar-refractivity contribution in [1.29, 1.82) is 0 Å². The van der Waals surface area contributed by atoms with Gasteiger partial charge in [-0.15, -0.1) is 0 Å². The molecule has 0 bridgehead atoms. The van der Waals surface area contributed by atoms with E-state index in [1.54, 1.807) is 36.4 Å². The third-order valence-electron chi connectivity index (χ3n) is 4.23. The quantitative estimate of drug-likeness (QED) is 0.455. The molecule has 29 heavy (non-hydrogen) atoms. The number of nitrogens with zero attached hydrogens (tertiary/aromatic N) is 1. The topological polar surface area (TPSA) is 98.8 Å². The second-order valence-corrected chi connectivity index (χ2v) is 6.83. The van der Waals surface area contributed by atoms with Gasteiger partial charge in [0.15, 0.2) is 5.11 Å². The van der Waals surface area contributed by atoms with Crippen LogP contribution in [0.5, 0.6) is 5.75 Å². The molecule has 0 saturated carbocycles. The van der Waals surface area contributed by atoms with E-state index in [1.807, 2.05) is 19.1 Å². The summed E-state index contributed by atoms with van der Waals surface area (Å²) in [7, 11) is 0. The summed E-state index contributed by atoms with van der Waals surface area (Å²) in [6, 6.07) is 13.5. The third kappa shape index (κ3) is 4.49. The number of hydrogen-bond acceptors (Lipinski definition) is 6. The smallest absolute Gasteiger partial charge is 0.270 e. The molecule has 8 heteroatoms. The van der Waals surface area contributed by atoms with Crippen molar-refractivity contribution in [3.8, 4) is 5.75 Å². The SMILES string of the molecule is Cc1ccc(N2C(=O)/C(=C\c3ccc(O[C@H](C)C(=O)[O-])cc3)C(=O)NC2=S)cc1. The molecule has 1 atom stereocenters. The van der Waals surface area contributed by atoms with Crippen LogP contribution in [0.15, 0.2) is 54.1 Å². The van der Waals surface area contributed by atoms with Gasteiger partial charge in [-0.05, 0) is 62.0 Å². The maximum atomic E-state index is 12.9. The molecule has 3 rings (SSSR count). The zero-order valence-electron chi connectivity index (χ0n) is 15.7. The molecule has 1 N–H and O–H groups in total. The summed E-state index contributed by atoms with van der Waals surface area (Å²) in [6.07, 6.45) is 0.334. The highest BCUT2D eigenvalue weighted by atomic mass is 32.1. The van der Waals surface area contributed by atoms with Crippen molar-refractivity contribution in [3.05, 3.63) is 65.2 Å². The van der Waals surface area contributed by atoms with Crippen LogP contribution in [0.1, 0.15) is 18.1 Å². The molecule has 2 aromatic rings. The summed E-state index contributed by atoms with van der Waals surface area (Å²) in [5.41, 5.74) is 2.07. The number of aryl methyl sites for hydroxylation is 1. The Morgan fingerprint density at radius 3 is 2.34 bits per heavy atom. The maximum absolute atomic E-state index is 12.9. The number of benzene rings is 2. The van der Waals surface area contributed by atoms with Gasteiger partial charge in [0.25, 0.3) is 11.8 Å². The van der Waals surface area contributed by atoms with E-state index in [1.165, 1.54) is 17.9 Å². The van der Waals surface area contributed by atoms with Crippen molar-refractivity contribution in [2.24, 2.45) is 0 Å². The Morgan fingerprint density at radius 1 is 1.14 bits per heavy atom. The van der Waals surface area contributed by atoms with E-state index in [0.717, 1.165) is 5.56 Å². The molecular formula is C21H17N2O5S-. The number of carbonyl (C=O) groups excluding carboxylic acids is 3. The zero-order chi connectivity index (χ0) is 21.1. The maximum Gasteiger partial charge on any atom is 0.270 e. The van der Waals surface area contributed by atoms with Crippen LogP contribution in [0.4, 0.5) is 5.69 Å². The average Bonchev–Trinajstić information content (AvgIpc) is 2.67. The number of rotatable bonds is 5. The predicted octanol–water partition coefficient (Wildman–Crippen LogP) is 1.34. The molecule has 1 aliphatic rings. The van der Waals surface area contributed by atoms with E-state index in [4.69, 9.17) is 17.0 Å². The highest BCUT2D eigenvalue weighted by Crippen LogP contribution is 2.23. The zero-order valence-corrected chi connectivity index (χ0v) is 16.5. The molecule has 148 valence electrons. The van der Waals surface area contributed by atoms with Crippen LogP contribution in [0.25, 0.3) is 6.08 Å². The molecular weight excluding hydrogens is 392 g/mol. The number of ether oxygens (including phenoxy) is 1. The summed E-state index contributed by atoms with van der Waals surface area (Å²) >= 11 is 5.17. The number of aliphatic carboxylic acids is 1. The van der Waals surface area contributed by atoms with Crippen LogP contribution in [-0.4, -0.2) is 29.0 Å². The van der Waals surface area contributed by atoms with E-state index in [9.17, 15) is 19.5 Å². The lowest BCUT2D eigenvalue weighted by atomic mass is 10.1. The normalized spacial score (nSPS) is 16.6. The van der Waals surface area contributed by atoms with E-state index >= 15 is 0 Å². The number of carbonyl (C=O) groups is 3. The van der Waals surface area contributed by atoms with Crippen LogP contribution in [0, 0.1) is 6.92 Å². The lowest BCUT2D eigenvalue weighted by Crippen LogP contribution is -2.54. The molecule has 2 aromatic carbocycles. The number of amides is 2. The van der Waals surface area contributed by atoms with Gasteiger partial charge in [0, 0.05) is 0 Å². The Labute approximate surface area is 172 Å². The molecule has 1 heterocycles. The molecule has 1 aliphatic heterocycles. The van der Waals surface area contributed by atoms with Gasteiger partial charge < -0.3 is 14.6 Å². The van der Waals surface area contributed by atoms with Crippen LogP contribution < -0.4 is 20.1 Å². The number of carboxylic acid groups (broad SMARTS) is 1. The lowest BCUT2D eigenvalue weighted by Gasteiger charge is -2.29. The van der Waals surface area contributed by atoms with Gasteiger partial charge in [-0.3, -0.25) is 19.8 Å². The minimum atomic E-state index is -1.33. The molecule has 0 unspecified atom stereocenters. The lowest BCUT2D eigenvalue weighted by molar-refractivity contribution is -0.312. The van der Waals surface area contributed by atoms with E-state index in [2.05, 4.69) is 5.32 Å². The van der Waals surface area contributed by atoms with Crippen LogP contribution in [-0.2, 0) is 14.4 Å². The second kappa shape index (κ2) is 8.24. The molecule has 2 amide bonds. The first kappa shape index (κ1) is 20.2. The highest BCUT2D eigenvalue weighted by Gasteiger charge is 2.34. The van der Waals surface area contributed by atoms with Gasteiger partial charge >= 0.3 is 0 Å². The predicted molar refractivity (Wildman–Crippen MR) is 109 cm³/mol.